The van der Waals surface area contributed by atoms with Gasteiger partial charge in [-0.05, 0) is 25.8 Å². The molecule has 8 heavy (non-hydrogen) atoms. The van der Waals surface area contributed by atoms with E-state index in [1.807, 2.05) is 0 Å². The van der Waals surface area contributed by atoms with Crippen molar-refractivity contribution in [3.8, 4) is 0 Å². The Morgan fingerprint density at radius 1 is 1.62 bits per heavy atom. The first-order chi connectivity index (χ1) is 3.83. The minimum absolute atomic E-state index is 0.778. The molecule has 1 rings (SSSR count). The zero-order chi connectivity index (χ0) is 5.98. The molecule has 0 radical (unpaired) electrons. The molecule has 2 atom stereocenters. The van der Waals surface area contributed by atoms with E-state index in [2.05, 4.69) is 19.2 Å². The van der Waals surface area contributed by atoms with Gasteiger partial charge in [-0.1, -0.05) is 13.3 Å². The quantitative estimate of drug-likeness (QED) is 0.542. The largest absolute Gasteiger partial charge is 0.314 e. The van der Waals surface area contributed by atoms with E-state index < -0.39 is 0 Å². The predicted octanol–water partition coefficient (Wildman–Crippen LogP) is 1.39. The van der Waals surface area contributed by atoms with Crippen LogP contribution in [0.5, 0.6) is 0 Å². The third-order valence-corrected chi connectivity index (χ3v) is 2.02. The highest BCUT2D eigenvalue weighted by atomic mass is 14.9. The fourth-order valence-corrected chi connectivity index (χ4v) is 1.35. The van der Waals surface area contributed by atoms with Crippen LogP contribution in [0.2, 0.25) is 0 Å². The third-order valence-electron chi connectivity index (χ3n) is 2.02. The molecule has 0 aromatic rings. The third kappa shape index (κ3) is 1.22. The van der Waals surface area contributed by atoms with Crippen LogP contribution >= 0.6 is 0 Å². The fourth-order valence-electron chi connectivity index (χ4n) is 1.35. The van der Waals surface area contributed by atoms with Gasteiger partial charge in [-0.15, -0.1) is 0 Å². The highest BCUT2D eigenvalue weighted by Gasteiger charge is 2.17. The highest BCUT2D eigenvalue weighted by Crippen LogP contribution is 2.15. The van der Waals surface area contributed by atoms with Crippen molar-refractivity contribution in [3.05, 3.63) is 0 Å². The van der Waals surface area contributed by atoms with Crippen LogP contribution in [0.15, 0.2) is 0 Å². The summed E-state index contributed by atoms with van der Waals surface area (Å²) < 4.78 is 0. The van der Waals surface area contributed by atoms with Gasteiger partial charge in [0, 0.05) is 6.04 Å². The molecule has 0 aromatic carbocycles. The molecule has 1 saturated heterocycles. The van der Waals surface area contributed by atoms with Crippen molar-refractivity contribution < 1.29 is 0 Å². The molecule has 1 aliphatic rings. The average molecular weight is 113 g/mol. The maximum atomic E-state index is 3.42. The van der Waals surface area contributed by atoms with Gasteiger partial charge in [0.15, 0.2) is 0 Å². The first-order valence-corrected chi connectivity index (χ1v) is 3.56. The van der Waals surface area contributed by atoms with Crippen LogP contribution in [-0.2, 0) is 0 Å². The lowest BCUT2D eigenvalue weighted by Crippen LogP contribution is -2.16. The molecule has 0 aliphatic carbocycles. The van der Waals surface area contributed by atoms with Gasteiger partial charge in [0.2, 0.25) is 0 Å². The van der Waals surface area contributed by atoms with E-state index in [9.17, 15) is 0 Å². The molecule has 0 aromatic heterocycles. The van der Waals surface area contributed by atoms with Crippen molar-refractivity contribution in [2.75, 3.05) is 6.54 Å². The van der Waals surface area contributed by atoms with Crippen molar-refractivity contribution >= 4 is 0 Å². The van der Waals surface area contributed by atoms with Gasteiger partial charge in [-0.2, -0.15) is 0 Å². The zero-order valence-electron chi connectivity index (χ0n) is 5.78. The second-order valence-electron chi connectivity index (χ2n) is 2.82. The Bertz CT molecular complexity index is 70.8. The van der Waals surface area contributed by atoms with E-state index in [-0.39, 0.29) is 0 Å². The molecule has 2 unspecified atom stereocenters. The summed E-state index contributed by atoms with van der Waals surface area (Å²) >= 11 is 0. The molecule has 0 spiro atoms. The van der Waals surface area contributed by atoms with E-state index in [0.717, 1.165) is 12.0 Å². The van der Waals surface area contributed by atoms with Crippen molar-refractivity contribution in [2.45, 2.75) is 32.7 Å². The van der Waals surface area contributed by atoms with Gasteiger partial charge in [0.25, 0.3) is 0 Å². The van der Waals surface area contributed by atoms with E-state index >= 15 is 0 Å². The van der Waals surface area contributed by atoms with E-state index in [1.165, 1.54) is 19.4 Å². The molecule has 1 heterocycles. The first kappa shape index (κ1) is 6.09. The van der Waals surface area contributed by atoms with Crippen molar-refractivity contribution in [3.63, 3.8) is 0 Å². The lowest BCUT2D eigenvalue weighted by molar-refractivity contribution is 0.549. The van der Waals surface area contributed by atoms with Crippen LogP contribution in [0.3, 0.4) is 0 Å². The summed E-state index contributed by atoms with van der Waals surface area (Å²) in [6.45, 7) is 5.78. The monoisotopic (exact) mass is 113 g/mol. The van der Waals surface area contributed by atoms with E-state index in [0.29, 0.717) is 0 Å². The summed E-state index contributed by atoms with van der Waals surface area (Å²) in [5.41, 5.74) is 0. The maximum absolute atomic E-state index is 3.42. The van der Waals surface area contributed by atoms with Crippen molar-refractivity contribution in [1.82, 2.24) is 5.32 Å². The average Bonchev–Trinajstić information content (AvgIpc) is 2.14. The van der Waals surface area contributed by atoms with Gasteiger partial charge in [0.1, 0.15) is 0 Å². The molecule has 1 aliphatic heterocycles. The normalized spacial score (nSPS) is 38.2. The van der Waals surface area contributed by atoms with Crippen molar-refractivity contribution in [2.24, 2.45) is 5.92 Å². The molecule has 0 saturated carbocycles. The molecule has 0 bridgehead atoms. The van der Waals surface area contributed by atoms with Crippen molar-refractivity contribution in [1.29, 1.82) is 0 Å². The molecule has 0 amide bonds. The number of nitrogens with one attached hydrogen (secondary N) is 1. The smallest absolute Gasteiger partial charge is 0.00419 e. The molecule has 1 fully saturated rings. The summed E-state index contributed by atoms with van der Waals surface area (Å²) in [5, 5.41) is 3.42. The van der Waals surface area contributed by atoms with Gasteiger partial charge in [-0.3, -0.25) is 0 Å². The molecular formula is C7H15N. The molecule has 1 nitrogen and oxygen atoms in total. The summed E-state index contributed by atoms with van der Waals surface area (Å²) in [6, 6.07) is 0.778. The van der Waals surface area contributed by atoms with Gasteiger partial charge < -0.3 is 5.32 Å². The topological polar surface area (TPSA) is 12.0 Å². The Kier molecular flexibility index (Phi) is 1.90. The van der Waals surface area contributed by atoms with Crippen LogP contribution in [0, 0.1) is 5.92 Å². The van der Waals surface area contributed by atoms with Crippen LogP contribution in [-0.4, -0.2) is 12.6 Å². The standard InChI is InChI=1S/C7H15N/c1-3-7-4-6(2)8-5-7/h6-8H,3-5H2,1-2H3. The molecule has 1 heteroatoms. The lowest BCUT2D eigenvalue weighted by atomic mass is 10.0. The van der Waals surface area contributed by atoms with Gasteiger partial charge in [-0.25, -0.2) is 0 Å². The van der Waals surface area contributed by atoms with Gasteiger partial charge >= 0.3 is 0 Å². The zero-order valence-corrected chi connectivity index (χ0v) is 5.78. The van der Waals surface area contributed by atoms with Crippen LogP contribution < -0.4 is 5.32 Å². The summed E-state index contributed by atoms with van der Waals surface area (Å²) in [7, 11) is 0. The Hall–Kier alpha value is -0.0400. The summed E-state index contributed by atoms with van der Waals surface area (Å²) in [5.74, 6) is 0.963. The Balaban J connectivity index is 2.22. The molecule has 1 N–H and O–H groups in total. The van der Waals surface area contributed by atoms with Crippen LogP contribution in [0.1, 0.15) is 26.7 Å². The number of hydrogen-bond acceptors (Lipinski definition) is 1. The van der Waals surface area contributed by atoms with Crippen LogP contribution in [0.25, 0.3) is 0 Å². The van der Waals surface area contributed by atoms with E-state index in [4.69, 9.17) is 0 Å². The Labute approximate surface area is 51.5 Å². The second kappa shape index (κ2) is 2.49. The summed E-state index contributed by atoms with van der Waals surface area (Å²) in [6.07, 6.45) is 2.73. The molecule has 48 valence electrons. The minimum atomic E-state index is 0.778. The molecular weight excluding hydrogens is 98.1 g/mol. The lowest BCUT2D eigenvalue weighted by Gasteiger charge is -2.00. The minimum Gasteiger partial charge on any atom is -0.314 e. The number of hydrogen-bond donors (Lipinski definition) is 1. The predicted molar refractivity (Wildman–Crippen MR) is 35.9 cm³/mol. The first-order valence-electron chi connectivity index (χ1n) is 3.56. The van der Waals surface area contributed by atoms with Crippen LogP contribution in [0.4, 0.5) is 0 Å². The van der Waals surface area contributed by atoms with Gasteiger partial charge in [0.05, 0.1) is 0 Å². The fraction of sp³-hybridized carbons (Fsp3) is 1.00. The number of rotatable bonds is 1. The highest BCUT2D eigenvalue weighted by molar-refractivity contribution is 4.76. The SMILES string of the molecule is CCC1CNC(C)C1. The maximum Gasteiger partial charge on any atom is 0.00419 e. The second-order valence-corrected chi connectivity index (χ2v) is 2.82. The Morgan fingerprint density at radius 2 is 2.38 bits per heavy atom. The van der Waals surface area contributed by atoms with E-state index in [1.54, 1.807) is 0 Å². The Morgan fingerprint density at radius 3 is 2.62 bits per heavy atom. The summed E-state index contributed by atoms with van der Waals surface area (Å²) in [4.78, 5) is 0.